The molecule has 0 amide bonds. The number of anilines is 1. The summed E-state index contributed by atoms with van der Waals surface area (Å²) in [4.78, 5) is 17.6. The summed E-state index contributed by atoms with van der Waals surface area (Å²) in [6, 6.07) is 1.40. The van der Waals surface area contributed by atoms with Crippen LogP contribution in [0.3, 0.4) is 0 Å². The van der Waals surface area contributed by atoms with E-state index in [9.17, 15) is 9.90 Å². The molecule has 1 aliphatic rings. The zero-order valence-corrected chi connectivity index (χ0v) is 11.0. The number of rotatable bonds is 3. The van der Waals surface area contributed by atoms with Gasteiger partial charge in [-0.15, -0.1) is 0 Å². The summed E-state index contributed by atoms with van der Waals surface area (Å²) in [7, 11) is 0. The van der Waals surface area contributed by atoms with Gasteiger partial charge < -0.3 is 15.4 Å². The Hall–Kier alpha value is -1.36. The molecule has 100 valence electrons. The van der Waals surface area contributed by atoms with Gasteiger partial charge in [-0.05, 0) is 31.1 Å². The van der Waals surface area contributed by atoms with Crippen molar-refractivity contribution in [1.82, 2.24) is 9.97 Å². The second kappa shape index (κ2) is 4.72. The Balaban J connectivity index is 1.92. The first kappa shape index (κ1) is 13.1. The maximum atomic E-state index is 11.1. The Morgan fingerprint density at radius 2 is 2.06 bits per heavy atom. The number of aromatic nitrogens is 2. The van der Waals surface area contributed by atoms with E-state index in [-0.39, 0.29) is 5.56 Å². The van der Waals surface area contributed by atoms with E-state index in [4.69, 9.17) is 0 Å². The second-order valence-corrected chi connectivity index (χ2v) is 6.04. The summed E-state index contributed by atoms with van der Waals surface area (Å²) in [5.41, 5.74) is -0.543. The molecule has 1 saturated carbocycles. The molecule has 1 aromatic rings. The lowest BCUT2D eigenvalue weighted by Gasteiger charge is -2.40. The molecule has 0 radical (unpaired) electrons. The maximum absolute atomic E-state index is 11.1. The summed E-state index contributed by atoms with van der Waals surface area (Å²) < 4.78 is 0. The van der Waals surface area contributed by atoms with Crippen LogP contribution >= 0.6 is 0 Å². The van der Waals surface area contributed by atoms with Gasteiger partial charge in [0.2, 0.25) is 0 Å². The Kier molecular flexibility index (Phi) is 3.43. The van der Waals surface area contributed by atoms with Crippen molar-refractivity contribution in [3.05, 3.63) is 22.7 Å². The van der Waals surface area contributed by atoms with Crippen molar-refractivity contribution in [2.24, 2.45) is 5.41 Å². The SMILES string of the molecule is CC1(C)CCC(O)(CNc2cc(=O)[nH]cn2)CC1. The molecule has 0 unspecified atom stereocenters. The molecule has 1 heterocycles. The summed E-state index contributed by atoms with van der Waals surface area (Å²) in [5, 5.41) is 13.5. The fraction of sp³-hybridized carbons (Fsp3) is 0.692. The van der Waals surface area contributed by atoms with E-state index in [2.05, 4.69) is 29.1 Å². The summed E-state index contributed by atoms with van der Waals surface area (Å²) in [5.74, 6) is 0.511. The zero-order valence-electron chi connectivity index (χ0n) is 11.0. The van der Waals surface area contributed by atoms with Gasteiger partial charge in [0.1, 0.15) is 5.82 Å². The number of aliphatic hydroxyl groups is 1. The molecule has 0 aliphatic heterocycles. The van der Waals surface area contributed by atoms with E-state index in [1.54, 1.807) is 0 Å². The fourth-order valence-electron chi connectivity index (χ4n) is 2.29. The van der Waals surface area contributed by atoms with Crippen LogP contribution in [-0.2, 0) is 0 Å². The van der Waals surface area contributed by atoms with Gasteiger partial charge in [-0.3, -0.25) is 4.79 Å². The molecule has 5 nitrogen and oxygen atoms in total. The molecule has 1 aromatic heterocycles. The zero-order chi connectivity index (χ0) is 13.2. The van der Waals surface area contributed by atoms with Crippen molar-refractivity contribution in [1.29, 1.82) is 0 Å². The summed E-state index contributed by atoms with van der Waals surface area (Å²) in [6.07, 6.45) is 4.98. The molecule has 5 heteroatoms. The molecule has 0 atom stereocenters. The maximum Gasteiger partial charge on any atom is 0.252 e. The highest BCUT2D eigenvalue weighted by Crippen LogP contribution is 2.40. The minimum absolute atomic E-state index is 0.190. The van der Waals surface area contributed by atoms with Gasteiger partial charge in [0.05, 0.1) is 11.9 Å². The average Bonchev–Trinajstić information content (AvgIpc) is 2.32. The van der Waals surface area contributed by atoms with E-state index in [1.165, 1.54) is 12.4 Å². The highest BCUT2D eigenvalue weighted by atomic mass is 16.3. The van der Waals surface area contributed by atoms with E-state index in [0.29, 0.717) is 17.8 Å². The quantitative estimate of drug-likeness (QED) is 0.761. The van der Waals surface area contributed by atoms with Crippen molar-refractivity contribution >= 4 is 5.82 Å². The lowest BCUT2D eigenvalue weighted by atomic mass is 9.71. The molecule has 1 aliphatic carbocycles. The Labute approximate surface area is 107 Å². The minimum atomic E-state index is -0.681. The Morgan fingerprint density at radius 1 is 1.39 bits per heavy atom. The molecule has 2 rings (SSSR count). The van der Waals surface area contributed by atoms with E-state index in [1.807, 2.05) is 0 Å². The molecule has 0 bridgehead atoms. The smallest absolute Gasteiger partial charge is 0.252 e. The van der Waals surface area contributed by atoms with Crippen LogP contribution in [0, 0.1) is 5.41 Å². The summed E-state index contributed by atoms with van der Waals surface area (Å²) >= 11 is 0. The monoisotopic (exact) mass is 251 g/mol. The number of aromatic amines is 1. The van der Waals surface area contributed by atoms with Gasteiger partial charge in [-0.1, -0.05) is 13.8 Å². The van der Waals surface area contributed by atoms with Crippen molar-refractivity contribution in [3.8, 4) is 0 Å². The molecule has 0 spiro atoms. The van der Waals surface area contributed by atoms with Crippen molar-refractivity contribution < 1.29 is 5.11 Å². The predicted molar refractivity (Wildman–Crippen MR) is 70.5 cm³/mol. The summed E-state index contributed by atoms with van der Waals surface area (Å²) in [6.45, 7) is 4.91. The van der Waals surface area contributed by atoms with Crippen LogP contribution in [0.4, 0.5) is 5.82 Å². The van der Waals surface area contributed by atoms with Gasteiger partial charge in [-0.2, -0.15) is 0 Å². The first-order valence-electron chi connectivity index (χ1n) is 6.40. The Morgan fingerprint density at radius 3 is 2.67 bits per heavy atom. The highest BCUT2D eigenvalue weighted by molar-refractivity contribution is 5.32. The van der Waals surface area contributed by atoms with Gasteiger partial charge in [0, 0.05) is 12.6 Å². The molecular formula is C13H21N3O2. The number of nitrogens with zero attached hydrogens (tertiary/aromatic N) is 1. The predicted octanol–water partition coefficient (Wildman–Crippen LogP) is 1.51. The van der Waals surface area contributed by atoms with Crippen LogP contribution in [-0.4, -0.2) is 27.2 Å². The highest BCUT2D eigenvalue weighted by Gasteiger charge is 2.36. The molecule has 18 heavy (non-hydrogen) atoms. The lowest BCUT2D eigenvalue weighted by molar-refractivity contribution is -0.0145. The van der Waals surface area contributed by atoms with Crippen LogP contribution in [0.1, 0.15) is 39.5 Å². The third kappa shape index (κ3) is 3.32. The molecule has 0 saturated heterocycles. The average molecular weight is 251 g/mol. The number of hydrogen-bond acceptors (Lipinski definition) is 4. The van der Waals surface area contributed by atoms with Crippen LogP contribution in [0.15, 0.2) is 17.2 Å². The van der Waals surface area contributed by atoms with Gasteiger partial charge >= 0.3 is 0 Å². The van der Waals surface area contributed by atoms with Crippen LogP contribution in [0.5, 0.6) is 0 Å². The minimum Gasteiger partial charge on any atom is -0.388 e. The molecule has 0 aromatic carbocycles. The third-order valence-electron chi connectivity index (χ3n) is 3.81. The van der Waals surface area contributed by atoms with Crippen LogP contribution in [0.2, 0.25) is 0 Å². The topological polar surface area (TPSA) is 78.0 Å². The molecule has 3 N–H and O–H groups in total. The van der Waals surface area contributed by atoms with Gasteiger partial charge in [0.25, 0.3) is 5.56 Å². The number of H-pyrrole nitrogens is 1. The number of hydrogen-bond donors (Lipinski definition) is 3. The first-order chi connectivity index (χ1) is 8.39. The standard InChI is InChI=1S/C13H21N3O2/c1-12(2)3-5-13(18,6-4-12)8-14-10-7-11(17)16-9-15-10/h7,9,18H,3-6,8H2,1-2H3,(H2,14,15,16,17). The lowest BCUT2D eigenvalue weighted by Crippen LogP contribution is -2.42. The third-order valence-corrected chi connectivity index (χ3v) is 3.81. The van der Waals surface area contributed by atoms with Crippen molar-refractivity contribution in [2.45, 2.75) is 45.1 Å². The van der Waals surface area contributed by atoms with Crippen LogP contribution in [0.25, 0.3) is 0 Å². The Bertz CT molecular complexity index is 457. The second-order valence-electron chi connectivity index (χ2n) is 6.04. The van der Waals surface area contributed by atoms with Gasteiger partial charge in [0.15, 0.2) is 0 Å². The fourth-order valence-corrected chi connectivity index (χ4v) is 2.29. The normalized spacial score (nSPS) is 21.5. The van der Waals surface area contributed by atoms with Gasteiger partial charge in [-0.25, -0.2) is 4.98 Å². The first-order valence-corrected chi connectivity index (χ1v) is 6.40. The van der Waals surface area contributed by atoms with Crippen molar-refractivity contribution in [2.75, 3.05) is 11.9 Å². The van der Waals surface area contributed by atoms with E-state index in [0.717, 1.165) is 25.7 Å². The van der Waals surface area contributed by atoms with Crippen LogP contribution < -0.4 is 10.9 Å². The largest absolute Gasteiger partial charge is 0.388 e. The molecular weight excluding hydrogens is 230 g/mol. The van der Waals surface area contributed by atoms with E-state index >= 15 is 0 Å². The van der Waals surface area contributed by atoms with Crippen molar-refractivity contribution in [3.63, 3.8) is 0 Å². The molecule has 1 fully saturated rings. The van der Waals surface area contributed by atoms with E-state index < -0.39 is 5.60 Å². The number of nitrogens with one attached hydrogen (secondary N) is 2.